The Labute approximate surface area is 89.1 Å². The predicted octanol–water partition coefficient (Wildman–Crippen LogP) is 1.78. The molecule has 1 aromatic carbocycles. The highest BCUT2D eigenvalue weighted by atomic mass is 16.2. The zero-order chi connectivity index (χ0) is 11.1. The molecule has 0 spiro atoms. The lowest BCUT2D eigenvalue weighted by Crippen LogP contribution is -2.52. The summed E-state index contributed by atoms with van der Waals surface area (Å²) in [5, 5.41) is 3.37. The van der Waals surface area contributed by atoms with Gasteiger partial charge >= 0.3 is 6.03 Å². The number of amides is 2. The second-order valence-corrected chi connectivity index (χ2v) is 4.45. The van der Waals surface area contributed by atoms with Gasteiger partial charge in [0.25, 0.3) is 0 Å². The van der Waals surface area contributed by atoms with Crippen LogP contribution < -0.4 is 16.0 Å². The molecule has 0 aromatic heterocycles. The Morgan fingerprint density at radius 3 is 2.80 bits per heavy atom. The van der Waals surface area contributed by atoms with Crippen LogP contribution in [-0.4, -0.2) is 18.1 Å². The number of carbonyl (C=O) groups excluding carboxylic acids is 1. The third-order valence-electron chi connectivity index (χ3n) is 2.49. The van der Waals surface area contributed by atoms with E-state index in [1.807, 2.05) is 38.1 Å². The Morgan fingerprint density at radius 2 is 2.13 bits per heavy atom. The molecule has 2 amide bonds. The van der Waals surface area contributed by atoms with E-state index in [9.17, 15) is 4.79 Å². The Hall–Kier alpha value is -1.71. The maximum absolute atomic E-state index is 11.3. The van der Waals surface area contributed by atoms with Gasteiger partial charge in [-0.05, 0) is 26.0 Å². The van der Waals surface area contributed by atoms with Gasteiger partial charge in [0, 0.05) is 5.54 Å². The summed E-state index contributed by atoms with van der Waals surface area (Å²) in [5.74, 6) is 0. The Kier molecular flexibility index (Phi) is 2.07. The number of hydrogen-bond acceptors (Lipinski definition) is 2. The average Bonchev–Trinajstić information content (AvgIpc) is 2.14. The summed E-state index contributed by atoms with van der Waals surface area (Å²) < 4.78 is 0. The van der Waals surface area contributed by atoms with Crippen LogP contribution in [-0.2, 0) is 0 Å². The summed E-state index contributed by atoms with van der Waals surface area (Å²) in [6.07, 6.45) is 0. The molecule has 4 nitrogen and oxygen atoms in total. The van der Waals surface area contributed by atoms with Gasteiger partial charge in [-0.3, -0.25) is 4.90 Å². The van der Waals surface area contributed by atoms with Crippen LogP contribution in [0.25, 0.3) is 0 Å². The molecule has 2 rings (SSSR count). The lowest BCUT2D eigenvalue weighted by molar-refractivity contribution is 0.252. The molecule has 0 fully saturated rings. The van der Waals surface area contributed by atoms with Crippen molar-refractivity contribution in [3.8, 4) is 0 Å². The number of nitrogens with zero attached hydrogens (tertiary/aromatic N) is 1. The summed E-state index contributed by atoms with van der Waals surface area (Å²) in [7, 11) is 0. The van der Waals surface area contributed by atoms with Crippen LogP contribution >= 0.6 is 0 Å². The maximum Gasteiger partial charge on any atom is 0.319 e. The summed E-state index contributed by atoms with van der Waals surface area (Å²) >= 11 is 0. The van der Waals surface area contributed by atoms with Crippen molar-refractivity contribution in [2.75, 3.05) is 16.8 Å². The second kappa shape index (κ2) is 3.15. The third-order valence-corrected chi connectivity index (χ3v) is 2.49. The zero-order valence-corrected chi connectivity index (χ0v) is 8.95. The molecule has 0 atom stereocenters. The zero-order valence-electron chi connectivity index (χ0n) is 8.95. The van der Waals surface area contributed by atoms with E-state index < -0.39 is 6.03 Å². The number of nitrogens with one attached hydrogen (secondary N) is 1. The van der Waals surface area contributed by atoms with E-state index in [0.717, 1.165) is 11.4 Å². The number of para-hydroxylation sites is 2. The van der Waals surface area contributed by atoms with E-state index in [4.69, 9.17) is 5.73 Å². The molecule has 0 saturated carbocycles. The van der Waals surface area contributed by atoms with Crippen molar-refractivity contribution in [2.24, 2.45) is 5.73 Å². The van der Waals surface area contributed by atoms with Crippen molar-refractivity contribution in [3.63, 3.8) is 0 Å². The van der Waals surface area contributed by atoms with Gasteiger partial charge in [-0.15, -0.1) is 0 Å². The molecule has 4 heteroatoms. The summed E-state index contributed by atoms with van der Waals surface area (Å²) in [6, 6.07) is 7.27. The highest BCUT2D eigenvalue weighted by Gasteiger charge is 2.31. The van der Waals surface area contributed by atoms with E-state index in [1.165, 1.54) is 0 Å². The molecule has 15 heavy (non-hydrogen) atoms. The second-order valence-electron chi connectivity index (χ2n) is 4.45. The van der Waals surface area contributed by atoms with Crippen molar-refractivity contribution in [2.45, 2.75) is 19.4 Å². The molecule has 1 aliphatic rings. The van der Waals surface area contributed by atoms with Crippen molar-refractivity contribution >= 4 is 17.4 Å². The smallest absolute Gasteiger partial charge is 0.319 e. The number of carbonyl (C=O) groups is 1. The monoisotopic (exact) mass is 205 g/mol. The minimum absolute atomic E-state index is 0.149. The molecule has 80 valence electrons. The van der Waals surface area contributed by atoms with Gasteiger partial charge in [0.05, 0.1) is 17.9 Å². The highest BCUT2D eigenvalue weighted by molar-refractivity contribution is 5.96. The van der Waals surface area contributed by atoms with Crippen molar-refractivity contribution < 1.29 is 4.79 Å². The van der Waals surface area contributed by atoms with Gasteiger partial charge in [0.1, 0.15) is 0 Å². The Morgan fingerprint density at radius 1 is 1.47 bits per heavy atom. The topological polar surface area (TPSA) is 58.4 Å². The maximum atomic E-state index is 11.3. The number of fused-ring (bicyclic) bond motifs is 1. The van der Waals surface area contributed by atoms with Crippen LogP contribution in [0.2, 0.25) is 0 Å². The first-order valence-electron chi connectivity index (χ1n) is 4.94. The van der Waals surface area contributed by atoms with E-state index in [1.54, 1.807) is 4.90 Å². The van der Waals surface area contributed by atoms with E-state index in [-0.39, 0.29) is 5.54 Å². The van der Waals surface area contributed by atoms with Crippen LogP contribution in [0, 0.1) is 0 Å². The number of primary amides is 1. The van der Waals surface area contributed by atoms with Crippen LogP contribution in [0.4, 0.5) is 16.2 Å². The molecule has 1 heterocycles. The standard InChI is InChI=1S/C11H15N3O/c1-11(2)7-14(10(12)15)9-6-4-3-5-8(9)13-11/h3-6,13H,7H2,1-2H3,(H2,12,15). The number of nitrogens with two attached hydrogens (primary N) is 1. The van der Waals surface area contributed by atoms with Crippen LogP contribution in [0.15, 0.2) is 24.3 Å². The molecule has 0 radical (unpaired) electrons. The minimum Gasteiger partial charge on any atom is -0.377 e. The average molecular weight is 205 g/mol. The number of rotatable bonds is 0. The fourth-order valence-corrected chi connectivity index (χ4v) is 1.90. The number of hydrogen-bond donors (Lipinski definition) is 2. The fourth-order valence-electron chi connectivity index (χ4n) is 1.90. The van der Waals surface area contributed by atoms with Gasteiger partial charge in [0.2, 0.25) is 0 Å². The van der Waals surface area contributed by atoms with Crippen LogP contribution in [0.5, 0.6) is 0 Å². The Bertz CT molecular complexity index is 401. The van der Waals surface area contributed by atoms with Crippen molar-refractivity contribution in [3.05, 3.63) is 24.3 Å². The van der Waals surface area contributed by atoms with Gasteiger partial charge in [-0.25, -0.2) is 4.79 Å². The normalized spacial score (nSPS) is 17.9. The minimum atomic E-state index is -0.406. The molecule has 0 bridgehead atoms. The third kappa shape index (κ3) is 1.75. The van der Waals surface area contributed by atoms with Gasteiger partial charge in [-0.2, -0.15) is 0 Å². The summed E-state index contributed by atoms with van der Waals surface area (Å²) in [6.45, 7) is 4.66. The molecule has 0 aliphatic carbocycles. The largest absolute Gasteiger partial charge is 0.377 e. The lowest BCUT2D eigenvalue weighted by Gasteiger charge is -2.40. The van der Waals surface area contributed by atoms with Gasteiger partial charge in [-0.1, -0.05) is 12.1 Å². The summed E-state index contributed by atoms with van der Waals surface area (Å²) in [4.78, 5) is 12.9. The molecular formula is C11H15N3O. The SMILES string of the molecule is CC1(C)CN(C(N)=O)c2ccccc2N1. The quantitative estimate of drug-likeness (QED) is 0.678. The number of anilines is 2. The Balaban J connectivity index is 2.47. The lowest BCUT2D eigenvalue weighted by atomic mass is 10.00. The molecule has 0 saturated heterocycles. The first-order valence-corrected chi connectivity index (χ1v) is 4.94. The van der Waals surface area contributed by atoms with Crippen molar-refractivity contribution in [1.29, 1.82) is 0 Å². The van der Waals surface area contributed by atoms with Crippen LogP contribution in [0.3, 0.4) is 0 Å². The van der Waals surface area contributed by atoms with Gasteiger partial charge in [0.15, 0.2) is 0 Å². The molecular weight excluding hydrogens is 190 g/mol. The first-order chi connectivity index (χ1) is 6.99. The first kappa shape index (κ1) is 9.83. The van der Waals surface area contributed by atoms with Crippen LogP contribution in [0.1, 0.15) is 13.8 Å². The fraction of sp³-hybridized carbons (Fsp3) is 0.364. The highest BCUT2D eigenvalue weighted by Crippen LogP contribution is 2.33. The molecule has 1 aliphatic heterocycles. The predicted molar refractivity (Wildman–Crippen MR) is 61.1 cm³/mol. The molecule has 1 aromatic rings. The molecule has 0 unspecified atom stereocenters. The van der Waals surface area contributed by atoms with E-state index in [0.29, 0.717) is 6.54 Å². The number of benzene rings is 1. The molecule has 3 N–H and O–H groups in total. The van der Waals surface area contributed by atoms with E-state index >= 15 is 0 Å². The van der Waals surface area contributed by atoms with E-state index in [2.05, 4.69) is 5.32 Å². The van der Waals surface area contributed by atoms with Gasteiger partial charge < -0.3 is 11.1 Å². The number of urea groups is 1. The summed E-state index contributed by atoms with van der Waals surface area (Å²) in [5.41, 5.74) is 7.02. The van der Waals surface area contributed by atoms with Crippen molar-refractivity contribution in [1.82, 2.24) is 0 Å².